The van der Waals surface area contributed by atoms with E-state index in [1.165, 1.54) is 0 Å². The van der Waals surface area contributed by atoms with Gasteiger partial charge >= 0.3 is 0 Å². The number of imidazole rings is 1. The third kappa shape index (κ3) is 4.13. The minimum Gasteiger partial charge on any atom is -0.366 e. The maximum atomic E-state index is 4.24. The van der Waals surface area contributed by atoms with Gasteiger partial charge in [0.1, 0.15) is 11.7 Å². The van der Waals surface area contributed by atoms with E-state index in [0.717, 1.165) is 18.1 Å². The summed E-state index contributed by atoms with van der Waals surface area (Å²) in [6.45, 7) is 3.59. The number of aryl methyl sites for hydroxylation is 1. The molecular weight excluding hydrogens is 385 g/mol. The van der Waals surface area contributed by atoms with Gasteiger partial charge in [0.05, 0.1) is 6.42 Å². The summed E-state index contributed by atoms with van der Waals surface area (Å²) in [5, 5.41) is 0. The van der Waals surface area contributed by atoms with Gasteiger partial charge in [0.15, 0.2) is 0 Å². The summed E-state index contributed by atoms with van der Waals surface area (Å²) in [5.41, 5.74) is 0. The predicted molar refractivity (Wildman–Crippen MR) is 64.0 cm³/mol. The average Bonchev–Trinajstić information content (AvgIpc) is 2.51. The first-order valence-electron chi connectivity index (χ1n) is 4.46. The summed E-state index contributed by atoms with van der Waals surface area (Å²) in [5.74, 6) is 1.95. The standard InChI is InChI=1S/C10H16N4.Po/c1-5-11-9(13(2)3)8-10-12-6-7-14(10)4;/h5-7H,1,8H2,2-4H3;. The Bertz CT molecular complexity index is 341. The summed E-state index contributed by atoms with van der Waals surface area (Å²) in [6, 6.07) is 0. The molecule has 0 N–H and O–H groups in total. The molecule has 0 saturated heterocycles. The van der Waals surface area contributed by atoms with Crippen molar-refractivity contribution in [2.75, 3.05) is 14.1 Å². The first-order chi connectivity index (χ1) is 6.65. The summed E-state index contributed by atoms with van der Waals surface area (Å²) < 4.78 is 1.99. The van der Waals surface area contributed by atoms with Crippen LogP contribution in [0, 0.1) is 0 Å². The van der Waals surface area contributed by atoms with Crippen LogP contribution in [0.4, 0.5) is 0 Å². The van der Waals surface area contributed by atoms with Crippen LogP contribution in [0.5, 0.6) is 0 Å². The van der Waals surface area contributed by atoms with Gasteiger partial charge in [-0.1, -0.05) is 6.58 Å². The molecule has 1 aromatic heterocycles. The Morgan fingerprint density at radius 3 is 2.73 bits per heavy atom. The number of nitrogens with zero attached hydrogens (tertiary/aromatic N) is 4. The van der Waals surface area contributed by atoms with E-state index < -0.39 is 0 Å². The average molecular weight is 401 g/mol. The van der Waals surface area contributed by atoms with E-state index in [9.17, 15) is 0 Å². The number of aliphatic imine (C=N–C) groups is 1. The van der Waals surface area contributed by atoms with Crippen LogP contribution < -0.4 is 0 Å². The molecule has 4 nitrogen and oxygen atoms in total. The Balaban J connectivity index is 0.00000196. The monoisotopic (exact) mass is 401 g/mol. The van der Waals surface area contributed by atoms with E-state index >= 15 is 0 Å². The number of hydrogen-bond donors (Lipinski definition) is 0. The normalized spacial score (nSPS) is 10.7. The molecule has 0 bridgehead atoms. The van der Waals surface area contributed by atoms with Crippen molar-refractivity contribution in [1.82, 2.24) is 14.5 Å². The van der Waals surface area contributed by atoms with E-state index in [1.54, 1.807) is 12.4 Å². The van der Waals surface area contributed by atoms with Gasteiger partial charge in [0, 0.05) is 66.3 Å². The molecule has 0 amide bonds. The molecule has 82 valence electrons. The Morgan fingerprint density at radius 2 is 2.33 bits per heavy atom. The second kappa shape index (κ2) is 6.74. The summed E-state index contributed by atoms with van der Waals surface area (Å²) in [4.78, 5) is 10.4. The quantitative estimate of drug-likeness (QED) is 0.552. The summed E-state index contributed by atoms with van der Waals surface area (Å²) in [7, 11) is 5.90. The van der Waals surface area contributed by atoms with Gasteiger partial charge in [0.25, 0.3) is 0 Å². The van der Waals surface area contributed by atoms with Gasteiger partial charge in [-0.2, -0.15) is 0 Å². The molecule has 0 fully saturated rings. The van der Waals surface area contributed by atoms with Gasteiger partial charge in [0.2, 0.25) is 0 Å². The first-order valence-corrected chi connectivity index (χ1v) is 4.46. The second-order valence-corrected chi connectivity index (χ2v) is 3.25. The van der Waals surface area contributed by atoms with Crippen LogP contribution in [-0.4, -0.2) is 60.9 Å². The molecule has 0 atom stereocenters. The molecule has 0 aromatic carbocycles. The van der Waals surface area contributed by atoms with Crippen LogP contribution in [-0.2, 0) is 13.5 Å². The van der Waals surface area contributed by atoms with E-state index in [4.69, 9.17) is 0 Å². The number of aromatic nitrogens is 2. The molecule has 1 heterocycles. The van der Waals surface area contributed by atoms with E-state index in [0.29, 0.717) is 0 Å². The van der Waals surface area contributed by atoms with Crippen LogP contribution >= 0.6 is 0 Å². The molecule has 1 rings (SSSR count). The van der Waals surface area contributed by atoms with Crippen molar-refractivity contribution in [2.45, 2.75) is 6.42 Å². The van der Waals surface area contributed by atoms with Crippen molar-refractivity contribution in [2.24, 2.45) is 12.0 Å². The van der Waals surface area contributed by atoms with Gasteiger partial charge in [-0.3, -0.25) is 0 Å². The molecule has 0 aliphatic heterocycles. The minimum atomic E-state index is 0. The number of hydrogen-bond acceptors (Lipinski definition) is 2. The molecule has 0 aliphatic carbocycles. The molecule has 2 radical (unpaired) electrons. The Kier molecular flexibility index (Phi) is 6.43. The second-order valence-electron chi connectivity index (χ2n) is 3.25. The number of amidine groups is 1. The van der Waals surface area contributed by atoms with Crippen molar-refractivity contribution in [3.05, 3.63) is 31.0 Å². The maximum absolute atomic E-state index is 4.24. The fourth-order valence-corrected chi connectivity index (χ4v) is 1.13. The van der Waals surface area contributed by atoms with Gasteiger partial charge in [-0.15, -0.1) is 0 Å². The predicted octanol–water partition coefficient (Wildman–Crippen LogP) is 0.685. The third-order valence-corrected chi connectivity index (χ3v) is 1.99. The molecule has 1 aromatic rings. The fraction of sp³-hybridized carbons (Fsp3) is 0.400. The SMILES string of the molecule is C=CN=C(Cc1nccn1C)N(C)C.[Po]. The zero-order valence-electron chi connectivity index (χ0n) is 9.34. The Morgan fingerprint density at radius 1 is 1.67 bits per heavy atom. The van der Waals surface area contributed by atoms with Crippen molar-refractivity contribution < 1.29 is 0 Å². The summed E-state index contributed by atoms with van der Waals surface area (Å²) >= 11 is 0. The zero-order valence-corrected chi connectivity index (χ0v) is 12.5. The molecular formula is C10H16N4Po. The van der Waals surface area contributed by atoms with Gasteiger partial charge in [-0.05, 0) is 0 Å². The van der Waals surface area contributed by atoms with Gasteiger partial charge in [-0.25, -0.2) is 9.98 Å². The molecule has 0 saturated carbocycles. The van der Waals surface area contributed by atoms with Crippen LogP contribution in [0.3, 0.4) is 0 Å². The molecule has 0 aliphatic rings. The molecule has 0 unspecified atom stereocenters. The van der Waals surface area contributed by atoms with Crippen LogP contribution in [0.2, 0.25) is 0 Å². The first kappa shape index (κ1) is 14.3. The van der Waals surface area contributed by atoms with E-state index in [2.05, 4.69) is 16.6 Å². The molecule has 5 heteroatoms. The van der Waals surface area contributed by atoms with Crippen molar-refractivity contribution in [3.63, 3.8) is 0 Å². The number of likely N-dealkylation sites (N-methyl/N-ethyl adjacent to an activating group) is 1. The Labute approximate surface area is 110 Å². The van der Waals surface area contributed by atoms with Crippen LogP contribution in [0.15, 0.2) is 30.2 Å². The summed E-state index contributed by atoms with van der Waals surface area (Å²) in [6.07, 6.45) is 5.99. The minimum absolute atomic E-state index is 0. The van der Waals surface area contributed by atoms with E-state index in [-0.39, 0.29) is 26.6 Å². The van der Waals surface area contributed by atoms with Crippen LogP contribution in [0.1, 0.15) is 5.82 Å². The third-order valence-electron chi connectivity index (χ3n) is 1.99. The maximum Gasteiger partial charge on any atom is 0.115 e. The Hall–Kier alpha value is -0.684. The number of rotatable bonds is 3. The van der Waals surface area contributed by atoms with Crippen molar-refractivity contribution >= 4 is 32.4 Å². The van der Waals surface area contributed by atoms with Crippen molar-refractivity contribution in [1.29, 1.82) is 0 Å². The van der Waals surface area contributed by atoms with Crippen molar-refractivity contribution in [3.8, 4) is 0 Å². The fourth-order valence-electron chi connectivity index (χ4n) is 1.13. The topological polar surface area (TPSA) is 33.4 Å². The largest absolute Gasteiger partial charge is 0.366 e. The van der Waals surface area contributed by atoms with E-state index in [1.807, 2.05) is 36.8 Å². The smallest absolute Gasteiger partial charge is 0.115 e. The zero-order chi connectivity index (χ0) is 10.6. The van der Waals surface area contributed by atoms with Gasteiger partial charge < -0.3 is 9.47 Å². The van der Waals surface area contributed by atoms with Crippen LogP contribution in [0.25, 0.3) is 0 Å². The molecule has 15 heavy (non-hydrogen) atoms. The molecule has 0 spiro atoms.